The van der Waals surface area contributed by atoms with Crippen LogP contribution >= 0.6 is 11.6 Å². The number of hydrogen-bond donors (Lipinski definition) is 1. The molecule has 1 aromatic rings. The Kier molecular flexibility index (Phi) is 3.25. The highest BCUT2D eigenvalue weighted by Crippen LogP contribution is 2.21. The van der Waals surface area contributed by atoms with Crippen LogP contribution < -0.4 is 5.32 Å². The molecule has 0 aliphatic heterocycles. The number of benzene rings is 1. The van der Waals surface area contributed by atoms with Crippen molar-refractivity contribution in [2.24, 2.45) is 0 Å². The first kappa shape index (κ1) is 11.1. The van der Waals surface area contributed by atoms with Gasteiger partial charge in [0.15, 0.2) is 0 Å². The average molecular weight is 240 g/mol. The van der Waals surface area contributed by atoms with Crippen LogP contribution in [-0.4, -0.2) is 11.9 Å². The number of amides is 1. The second kappa shape index (κ2) is 4.66. The summed E-state index contributed by atoms with van der Waals surface area (Å²) in [5.41, 5.74) is 0.245. The van der Waals surface area contributed by atoms with Gasteiger partial charge in [-0.15, -0.1) is 0 Å². The van der Waals surface area contributed by atoms with Gasteiger partial charge < -0.3 is 5.32 Å². The zero-order valence-electron chi connectivity index (χ0n) is 8.54. The second-order valence-corrected chi connectivity index (χ2v) is 4.16. The van der Waals surface area contributed by atoms with Crippen molar-refractivity contribution < 1.29 is 9.18 Å². The molecule has 1 fully saturated rings. The van der Waals surface area contributed by atoms with Crippen LogP contribution in [0.2, 0.25) is 5.02 Å². The molecule has 84 valence electrons. The minimum Gasteiger partial charge on any atom is -0.350 e. The normalized spacial score (nSPS) is 15.4. The highest BCUT2D eigenvalue weighted by Gasteiger charge is 2.22. The Labute approximate surface area is 98.1 Å². The predicted molar refractivity (Wildman–Crippen MR) is 61.6 cm³/mol. The SMILES string of the molecule is O=C(C=Cc1c(F)cccc1Cl)NC1CC1. The summed E-state index contributed by atoms with van der Waals surface area (Å²) in [4.78, 5) is 11.3. The Bertz CT molecular complexity index is 420. The van der Waals surface area contributed by atoms with Gasteiger partial charge in [0.1, 0.15) is 5.82 Å². The quantitative estimate of drug-likeness (QED) is 0.808. The van der Waals surface area contributed by atoms with Crippen LogP contribution in [-0.2, 0) is 4.79 Å². The van der Waals surface area contributed by atoms with E-state index in [4.69, 9.17) is 11.6 Å². The van der Waals surface area contributed by atoms with Gasteiger partial charge in [-0.1, -0.05) is 17.7 Å². The van der Waals surface area contributed by atoms with E-state index in [1.807, 2.05) is 0 Å². The molecule has 1 aliphatic carbocycles. The number of nitrogens with one attached hydrogen (secondary N) is 1. The zero-order chi connectivity index (χ0) is 11.5. The van der Waals surface area contributed by atoms with E-state index >= 15 is 0 Å². The fourth-order valence-corrected chi connectivity index (χ4v) is 1.53. The molecule has 1 aliphatic rings. The summed E-state index contributed by atoms with van der Waals surface area (Å²) in [6.07, 6.45) is 4.76. The van der Waals surface area contributed by atoms with Gasteiger partial charge in [0, 0.05) is 17.7 Å². The Balaban J connectivity index is 2.06. The maximum Gasteiger partial charge on any atom is 0.244 e. The molecule has 1 aromatic carbocycles. The van der Waals surface area contributed by atoms with E-state index in [0.29, 0.717) is 11.1 Å². The van der Waals surface area contributed by atoms with Crippen molar-refractivity contribution in [2.45, 2.75) is 18.9 Å². The van der Waals surface area contributed by atoms with Crippen molar-refractivity contribution in [1.29, 1.82) is 0 Å². The Hall–Kier alpha value is -1.35. The molecule has 0 unspecified atom stereocenters. The summed E-state index contributed by atoms with van der Waals surface area (Å²) >= 11 is 5.81. The van der Waals surface area contributed by atoms with Crippen molar-refractivity contribution in [3.8, 4) is 0 Å². The van der Waals surface area contributed by atoms with Gasteiger partial charge in [-0.05, 0) is 31.1 Å². The maximum absolute atomic E-state index is 13.3. The molecule has 2 rings (SSSR count). The number of rotatable bonds is 3. The smallest absolute Gasteiger partial charge is 0.244 e. The molecule has 0 atom stereocenters. The van der Waals surface area contributed by atoms with Crippen LogP contribution in [0.5, 0.6) is 0 Å². The first-order valence-electron chi connectivity index (χ1n) is 5.09. The van der Waals surface area contributed by atoms with E-state index in [0.717, 1.165) is 12.8 Å². The first-order chi connectivity index (χ1) is 7.66. The van der Waals surface area contributed by atoms with Crippen molar-refractivity contribution in [1.82, 2.24) is 5.32 Å². The average Bonchev–Trinajstić information content (AvgIpc) is 3.01. The van der Waals surface area contributed by atoms with E-state index in [2.05, 4.69) is 5.32 Å². The molecule has 1 saturated carbocycles. The Morgan fingerprint density at radius 3 is 2.88 bits per heavy atom. The van der Waals surface area contributed by atoms with Crippen molar-refractivity contribution >= 4 is 23.6 Å². The molecule has 0 aromatic heterocycles. The van der Waals surface area contributed by atoms with Gasteiger partial charge in [-0.25, -0.2) is 4.39 Å². The molecule has 0 spiro atoms. The largest absolute Gasteiger partial charge is 0.350 e. The summed E-state index contributed by atoms with van der Waals surface area (Å²) < 4.78 is 13.3. The standard InChI is InChI=1S/C12H11ClFNO/c13-10-2-1-3-11(14)9(10)6-7-12(16)15-8-4-5-8/h1-3,6-8H,4-5H2,(H,15,16). The zero-order valence-corrected chi connectivity index (χ0v) is 9.30. The third-order valence-corrected chi connectivity index (χ3v) is 2.65. The van der Waals surface area contributed by atoms with Crippen LogP contribution in [0.3, 0.4) is 0 Å². The Morgan fingerprint density at radius 1 is 1.50 bits per heavy atom. The fourth-order valence-electron chi connectivity index (χ4n) is 1.31. The van der Waals surface area contributed by atoms with Crippen molar-refractivity contribution in [2.75, 3.05) is 0 Å². The lowest BCUT2D eigenvalue weighted by atomic mass is 10.2. The van der Waals surface area contributed by atoms with Gasteiger partial charge in [0.2, 0.25) is 5.91 Å². The van der Waals surface area contributed by atoms with E-state index < -0.39 is 5.82 Å². The van der Waals surface area contributed by atoms with E-state index in [-0.39, 0.29) is 11.5 Å². The summed E-state index contributed by atoms with van der Waals surface area (Å²) in [7, 11) is 0. The van der Waals surface area contributed by atoms with Gasteiger partial charge in [0.05, 0.1) is 5.02 Å². The summed E-state index contributed by atoms with van der Waals surface area (Å²) in [5, 5.41) is 3.07. The van der Waals surface area contributed by atoms with Crippen molar-refractivity contribution in [3.63, 3.8) is 0 Å². The summed E-state index contributed by atoms with van der Waals surface area (Å²) in [5.74, 6) is -0.634. The van der Waals surface area contributed by atoms with Crippen LogP contribution in [0, 0.1) is 5.82 Å². The summed E-state index contributed by atoms with van der Waals surface area (Å²) in [6, 6.07) is 4.72. The molecule has 1 amide bonds. The first-order valence-corrected chi connectivity index (χ1v) is 5.47. The molecule has 0 heterocycles. The molecule has 0 bridgehead atoms. The topological polar surface area (TPSA) is 29.1 Å². The predicted octanol–water partition coefficient (Wildman–Crippen LogP) is 2.77. The molecule has 4 heteroatoms. The van der Waals surface area contributed by atoms with Crippen LogP contribution in [0.1, 0.15) is 18.4 Å². The molecule has 0 saturated heterocycles. The minimum absolute atomic E-state index is 0.207. The molecular weight excluding hydrogens is 229 g/mol. The molecule has 1 N–H and O–H groups in total. The van der Waals surface area contributed by atoms with Crippen molar-refractivity contribution in [3.05, 3.63) is 40.7 Å². The monoisotopic (exact) mass is 239 g/mol. The van der Waals surface area contributed by atoms with Crippen LogP contribution in [0.4, 0.5) is 4.39 Å². The van der Waals surface area contributed by atoms with Crippen LogP contribution in [0.25, 0.3) is 6.08 Å². The highest BCUT2D eigenvalue weighted by atomic mass is 35.5. The van der Waals surface area contributed by atoms with E-state index in [1.165, 1.54) is 24.3 Å². The van der Waals surface area contributed by atoms with Gasteiger partial charge in [0.25, 0.3) is 0 Å². The third-order valence-electron chi connectivity index (χ3n) is 2.32. The summed E-state index contributed by atoms with van der Waals surface area (Å²) in [6.45, 7) is 0. The lowest BCUT2D eigenvalue weighted by Gasteiger charge is -2.00. The maximum atomic E-state index is 13.3. The third kappa shape index (κ3) is 2.83. The highest BCUT2D eigenvalue weighted by molar-refractivity contribution is 6.32. The number of hydrogen-bond acceptors (Lipinski definition) is 1. The van der Waals surface area contributed by atoms with E-state index in [1.54, 1.807) is 6.07 Å². The van der Waals surface area contributed by atoms with Gasteiger partial charge in [-0.3, -0.25) is 4.79 Å². The van der Waals surface area contributed by atoms with Crippen LogP contribution in [0.15, 0.2) is 24.3 Å². The lowest BCUT2D eigenvalue weighted by Crippen LogP contribution is -2.22. The minimum atomic E-state index is -0.428. The number of carbonyl (C=O) groups excluding carboxylic acids is 1. The Morgan fingerprint density at radius 2 is 2.25 bits per heavy atom. The fraction of sp³-hybridized carbons (Fsp3) is 0.250. The van der Waals surface area contributed by atoms with Gasteiger partial charge in [-0.2, -0.15) is 0 Å². The van der Waals surface area contributed by atoms with Gasteiger partial charge >= 0.3 is 0 Å². The molecule has 2 nitrogen and oxygen atoms in total. The number of halogens is 2. The number of carbonyl (C=O) groups is 1. The second-order valence-electron chi connectivity index (χ2n) is 3.75. The molecular formula is C12H11ClFNO. The van der Waals surface area contributed by atoms with E-state index in [9.17, 15) is 9.18 Å². The molecule has 16 heavy (non-hydrogen) atoms. The lowest BCUT2D eigenvalue weighted by molar-refractivity contribution is -0.116. The molecule has 0 radical (unpaired) electrons.